The lowest BCUT2D eigenvalue weighted by Gasteiger charge is -2.32. The van der Waals surface area contributed by atoms with Crippen LogP contribution in [0.3, 0.4) is 0 Å². The number of carbonyl (C=O) groups excluding carboxylic acids is 1. The van der Waals surface area contributed by atoms with Crippen LogP contribution in [0.2, 0.25) is 0 Å². The van der Waals surface area contributed by atoms with Gasteiger partial charge in [0.15, 0.2) is 5.76 Å². The first kappa shape index (κ1) is 20.2. The first-order valence-corrected chi connectivity index (χ1v) is 10.5. The molecule has 1 amide bonds. The topological polar surface area (TPSA) is 84.4 Å². The third-order valence-corrected chi connectivity index (χ3v) is 5.68. The highest BCUT2D eigenvalue weighted by Crippen LogP contribution is 2.27. The van der Waals surface area contributed by atoms with Crippen molar-refractivity contribution in [1.82, 2.24) is 15.5 Å². The highest BCUT2D eigenvalue weighted by molar-refractivity contribution is 5.91. The van der Waals surface area contributed by atoms with Crippen LogP contribution in [0.4, 0.5) is 5.69 Å². The van der Waals surface area contributed by atoms with Gasteiger partial charge in [-0.25, -0.2) is 0 Å². The minimum absolute atomic E-state index is 0.0704. The van der Waals surface area contributed by atoms with Gasteiger partial charge >= 0.3 is 0 Å². The van der Waals surface area contributed by atoms with E-state index in [2.05, 4.69) is 39.4 Å². The number of rotatable bonds is 6. The zero-order valence-electron chi connectivity index (χ0n) is 17.7. The van der Waals surface area contributed by atoms with Crippen LogP contribution in [-0.4, -0.2) is 29.1 Å². The molecule has 0 bridgehead atoms. The molecule has 1 aromatic carbocycles. The van der Waals surface area contributed by atoms with E-state index in [4.69, 9.17) is 8.94 Å². The highest BCUT2D eigenvalue weighted by atomic mass is 16.5. The van der Waals surface area contributed by atoms with Gasteiger partial charge in [-0.15, -0.1) is 0 Å². The summed E-state index contributed by atoms with van der Waals surface area (Å²) in [7, 11) is 0. The molecule has 0 spiro atoms. The van der Waals surface area contributed by atoms with Crippen molar-refractivity contribution in [3.63, 3.8) is 0 Å². The predicted octanol–water partition coefficient (Wildman–Crippen LogP) is 4.69. The number of carbonyl (C=O) groups is 1. The Morgan fingerprint density at radius 1 is 1.17 bits per heavy atom. The molecule has 1 N–H and O–H groups in total. The first-order valence-electron chi connectivity index (χ1n) is 10.5. The van der Waals surface area contributed by atoms with Crippen molar-refractivity contribution in [3.8, 4) is 11.4 Å². The van der Waals surface area contributed by atoms with E-state index in [0.29, 0.717) is 11.7 Å². The molecule has 1 aliphatic heterocycles. The maximum atomic E-state index is 12.4. The molecule has 3 heterocycles. The summed E-state index contributed by atoms with van der Waals surface area (Å²) in [4.78, 5) is 19.4. The molecule has 7 heteroatoms. The molecule has 158 valence electrons. The Bertz CT molecular complexity index is 955. The van der Waals surface area contributed by atoms with Crippen molar-refractivity contribution in [2.45, 2.75) is 39.7 Å². The van der Waals surface area contributed by atoms with Crippen LogP contribution in [0, 0.1) is 11.8 Å². The molecule has 1 saturated heterocycles. The normalized spacial score (nSPS) is 16.1. The number of piperidine rings is 1. The number of hydrogen-bond donors (Lipinski definition) is 1. The lowest BCUT2D eigenvalue weighted by atomic mass is 9.98. The molecule has 30 heavy (non-hydrogen) atoms. The maximum absolute atomic E-state index is 12.4. The van der Waals surface area contributed by atoms with Gasteiger partial charge in [-0.1, -0.05) is 25.9 Å². The van der Waals surface area contributed by atoms with Crippen molar-refractivity contribution in [1.29, 1.82) is 0 Å². The van der Waals surface area contributed by atoms with Gasteiger partial charge < -0.3 is 19.2 Å². The minimum atomic E-state index is -0.404. The first-order chi connectivity index (χ1) is 14.5. The molecule has 2 aromatic heterocycles. The van der Waals surface area contributed by atoms with Gasteiger partial charge in [0, 0.05) is 24.3 Å². The molecule has 1 fully saturated rings. The van der Waals surface area contributed by atoms with Crippen LogP contribution >= 0.6 is 0 Å². The number of benzene rings is 1. The van der Waals surface area contributed by atoms with Crippen molar-refractivity contribution >= 4 is 11.6 Å². The Morgan fingerprint density at radius 3 is 2.53 bits per heavy atom. The van der Waals surface area contributed by atoms with Crippen LogP contribution in [0.5, 0.6) is 0 Å². The predicted molar refractivity (Wildman–Crippen MR) is 114 cm³/mol. The quantitative estimate of drug-likeness (QED) is 0.637. The monoisotopic (exact) mass is 408 g/mol. The summed E-state index contributed by atoms with van der Waals surface area (Å²) in [5, 5.41) is 7.06. The zero-order chi connectivity index (χ0) is 21.1. The fourth-order valence-corrected chi connectivity index (χ4v) is 3.70. The number of anilines is 1. The van der Waals surface area contributed by atoms with Crippen LogP contribution in [-0.2, 0) is 0 Å². The van der Waals surface area contributed by atoms with Gasteiger partial charge in [0.05, 0.1) is 6.26 Å². The lowest BCUT2D eigenvalue weighted by Crippen LogP contribution is -2.32. The fraction of sp³-hybridized carbons (Fsp3) is 0.435. The van der Waals surface area contributed by atoms with Gasteiger partial charge in [-0.05, 0) is 61.1 Å². The van der Waals surface area contributed by atoms with Gasteiger partial charge in [-0.2, -0.15) is 4.98 Å². The molecular formula is C23H28N4O3. The largest absolute Gasteiger partial charge is 0.459 e. The van der Waals surface area contributed by atoms with Crippen LogP contribution < -0.4 is 10.2 Å². The summed E-state index contributed by atoms with van der Waals surface area (Å²) >= 11 is 0. The molecule has 1 atom stereocenters. The number of hydrogen-bond acceptors (Lipinski definition) is 6. The highest BCUT2D eigenvalue weighted by Gasteiger charge is 2.26. The molecule has 7 nitrogen and oxygen atoms in total. The number of amides is 1. The fourth-order valence-electron chi connectivity index (χ4n) is 3.70. The molecule has 1 aliphatic rings. The van der Waals surface area contributed by atoms with Crippen LogP contribution in [0.15, 0.2) is 51.6 Å². The number of aromatic nitrogens is 2. The van der Waals surface area contributed by atoms with E-state index < -0.39 is 6.04 Å². The summed E-state index contributed by atoms with van der Waals surface area (Å²) < 4.78 is 10.7. The number of furan rings is 1. The van der Waals surface area contributed by atoms with Gasteiger partial charge in [-0.3, -0.25) is 4.79 Å². The SMILES string of the molecule is CC1CCN(c2ccc(-c3noc(C(NC(=O)c4ccco4)C(C)C)n3)cc2)CC1. The van der Waals surface area contributed by atoms with Crippen molar-refractivity contribution in [2.75, 3.05) is 18.0 Å². The average molecular weight is 409 g/mol. The van der Waals surface area contributed by atoms with Crippen molar-refractivity contribution in [3.05, 3.63) is 54.3 Å². The molecule has 0 radical (unpaired) electrons. The molecule has 4 rings (SSSR count). The van der Waals surface area contributed by atoms with Gasteiger partial charge in [0.2, 0.25) is 11.7 Å². The van der Waals surface area contributed by atoms with Gasteiger partial charge in [0.25, 0.3) is 5.91 Å². The van der Waals surface area contributed by atoms with Crippen LogP contribution in [0.1, 0.15) is 56.1 Å². The zero-order valence-corrected chi connectivity index (χ0v) is 17.7. The Kier molecular flexibility index (Phi) is 5.88. The molecule has 1 unspecified atom stereocenters. The summed E-state index contributed by atoms with van der Waals surface area (Å²) in [6, 6.07) is 11.2. The van der Waals surface area contributed by atoms with Gasteiger partial charge in [0.1, 0.15) is 6.04 Å². The van der Waals surface area contributed by atoms with Crippen molar-refractivity contribution < 1.29 is 13.7 Å². The second kappa shape index (κ2) is 8.73. The second-order valence-corrected chi connectivity index (χ2v) is 8.35. The smallest absolute Gasteiger partial charge is 0.287 e. The molecule has 0 aliphatic carbocycles. The maximum Gasteiger partial charge on any atom is 0.287 e. The average Bonchev–Trinajstić information content (AvgIpc) is 3.45. The second-order valence-electron chi connectivity index (χ2n) is 8.35. The third-order valence-electron chi connectivity index (χ3n) is 5.68. The summed E-state index contributed by atoms with van der Waals surface area (Å²) in [5.74, 6) is 1.72. The van der Waals surface area contributed by atoms with Crippen LogP contribution in [0.25, 0.3) is 11.4 Å². The molecule has 3 aromatic rings. The van der Waals surface area contributed by atoms with Crippen molar-refractivity contribution in [2.24, 2.45) is 11.8 Å². The Morgan fingerprint density at radius 2 is 1.90 bits per heavy atom. The Labute approximate surface area is 176 Å². The summed E-state index contributed by atoms with van der Waals surface area (Å²) in [5.41, 5.74) is 2.11. The lowest BCUT2D eigenvalue weighted by molar-refractivity contribution is 0.0885. The molecule has 0 saturated carbocycles. The van der Waals surface area contributed by atoms with E-state index in [0.717, 1.165) is 24.6 Å². The summed E-state index contributed by atoms with van der Waals surface area (Å²) in [6.07, 6.45) is 3.94. The minimum Gasteiger partial charge on any atom is -0.459 e. The van der Waals surface area contributed by atoms with E-state index in [1.165, 1.54) is 24.8 Å². The Balaban J connectivity index is 1.47. The standard InChI is InChI=1S/C23H28N4O3/c1-15(2)20(24-22(28)19-5-4-14-29-19)23-25-21(26-30-23)17-6-8-18(9-7-17)27-12-10-16(3)11-13-27/h4-9,14-16,20H,10-13H2,1-3H3,(H,24,28). The van der Waals surface area contributed by atoms with E-state index >= 15 is 0 Å². The number of nitrogens with zero attached hydrogens (tertiary/aromatic N) is 3. The van der Waals surface area contributed by atoms with E-state index in [9.17, 15) is 4.79 Å². The molecular weight excluding hydrogens is 380 g/mol. The van der Waals surface area contributed by atoms with E-state index in [-0.39, 0.29) is 17.6 Å². The van der Waals surface area contributed by atoms with E-state index in [1.807, 2.05) is 26.0 Å². The number of nitrogens with one attached hydrogen (secondary N) is 1. The summed E-state index contributed by atoms with van der Waals surface area (Å²) in [6.45, 7) is 8.49. The third kappa shape index (κ3) is 4.40. The van der Waals surface area contributed by atoms with E-state index in [1.54, 1.807) is 12.1 Å². The Hall–Kier alpha value is -3.09.